The van der Waals surface area contributed by atoms with E-state index in [1.807, 2.05) is 25.5 Å². The third kappa shape index (κ3) is 3.88. The molecule has 0 amide bonds. The lowest BCUT2D eigenvalue weighted by atomic mass is 9.92. The van der Waals surface area contributed by atoms with Gasteiger partial charge in [-0.15, -0.1) is 0 Å². The highest BCUT2D eigenvalue weighted by atomic mass is 32.2. The summed E-state index contributed by atoms with van der Waals surface area (Å²) in [6.45, 7) is 6.12. The Labute approximate surface area is 133 Å². The molecule has 1 heterocycles. The van der Waals surface area contributed by atoms with Gasteiger partial charge in [0.2, 0.25) is 10.0 Å². The van der Waals surface area contributed by atoms with E-state index in [1.54, 1.807) is 6.20 Å². The van der Waals surface area contributed by atoms with Crippen LogP contribution in [0, 0.1) is 0 Å². The maximum atomic E-state index is 12.6. The van der Waals surface area contributed by atoms with Gasteiger partial charge in [0.25, 0.3) is 0 Å². The molecule has 2 rings (SSSR count). The van der Waals surface area contributed by atoms with Crippen molar-refractivity contribution >= 4 is 10.0 Å². The number of hydrogen-bond acceptors (Lipinski definition) is 4. The van der Waals surface area contributed by atoms with Gasteiger partial charge in [-0.1, -0.05) is 33.6 Å². The van der Waals surface area contributed by atoms with E-state index >= 15 is 0 Å². The molecule has 1 aromatic heterocycles. The predicted octanol–water partition coefficient (Wildman–Crippen LogP) is 1.96. The van der Waals surface area contributed by atoms with Crippen molar-refractivity contribution in [1.82, 2.24) is 14.5 Å². The molecule has 0 aromatic carbocycles. The lowest BCUT2D eigenvalue weighted by Gasteiger charge is -2.17. The van der Waals surface area contributed by atoms with Gasteiger partial charge in [-0.05, 0) is 19.3 Å². The molecule has 0 spiro atoms. The summed E-state index contributed by atoms with van der Waals surface area (Å²) < 4.78 is 29.5. The van der Waals surface area contributed by atoms with Crippen LogP contribution < -0.4 is 4.72 Å². The first-order valence-electron chi connectivity index (χ1n) is 7.96. The molecule has 1 fully saturated rings. The molecule has 1 aliphatic rings. The summed E-state index contributed by atoms with van der Waals surface area (Å²) in [4.78, 5) is 0.268. The van der Waals surface area contributed by atoms with Crippen LogP contribution in [-0.4, -0.2) is 36.5 Å². The predicted molar refractivity (Wildman–Crippen MR) is 85.3 cm³/mol. The van der Waals surface area contributed by atoms with Crippen LogP contribution in [0.2, 0.25) is 0 Å². The van der Waals surface area contributed by atoms with Crippen molar-refractivity contribution in [2.24, 2.45) is 0 Å². The molecule has 1 aliphatic carbocycles. The lowest BCUT2D eigenvalue weighted by Crippen LogP contribution is -2.27. The second-order valence-electron chi connectivity index (χ2n) is 6.99. The minimum atomic E-state index is -3.60. The fourth-order valence-corrected chi connectivity index (χ4v) is 4.23. The van der Waals surface area contributed by atoms with Crippen LogP contribution in [0.5, 0.6) is 0 Å². The van der Waals surface area contributed by atoms with E-state index in [0.29, 0.717) is 18.2 Å². The van der Waals surface area contributed by atoms with Gasteiger partial charge in [0.1, 0.15) is 4.90 Å². The van der Waals surface area contributed by atoms with Gasteiger partial charge in [-0.2, -0.15) is 5.10 Å². The van der Waals surface area contributed by atoms with Crippen LogP contribution in [0.25, 0.3) is 0 Å². The highest BCUT2D eigenvalue weighted by molar-refractivity contribution is 7.89. The van der Waals surface area contributed by atoms with E-state index in [1.165, 1.54) is 12.8 Å². The van der Waals surface area contributed by atoms with Crippen molar-refractivity contribution in [1.29, 1.82) is 0 Å². The Bertz CT molecular complexity index is 596. The average molecular weight is 329 g/mol. The van der Waals surface area contributed by atoms with Crippen LogP contribution >= 0.6 is 0 Å². The van der Waals surface area contributed by atoms with Crippen LogP contribution in [0.1, 0.15) is 64.6 Å². The zero-order chi connectivity index (χ0) is 16.4. The molecule has 0 saturated heterocycles. The number of rotatable bonds is 6. The standard InChI is InChI=1S/C15H27N3O3S/c1-15(2,3)14-13(22(20,21)16-9-6-10-19)11-18(17-14)12-7-4-5-8-12/h11-12,16,19H,4-10H2,1-3H3. The summed E-state index contributed by atoms with van der Waals surface area (Å²) >= 11 is 0. The maximum absolute atomic E-state index is 12.6. The van der Waals surface area contributed by atoms with E-state index in [0.717, 1.165) is 12.8 Å². The third-order valence-electron chi connectivity index (χ3n) is 4.02. The van der Waals surface area contributed by atoms with Crippen LogP contribution in [0.4, 0.5) is 0 Å². The molecule has 6 nitrogen and oxygen atoms in total. The molecule has 0 atom stereocenters. The Kier molecular flexibility index (Phi) is 5.29. The molecule has 126 valence electrons. The van der Waals surface area contributed by atoms with Gasteiger partial charge >= 0.3 is 0 Å². The van der Waals surface area contributed by atoms with E-state index in [2.05, 4.69) is 9.82 Å². The number of nitrogens with one attached hydrogen (secondary N) is 1. The molecule has 0 bridgehead atoms. The van der Waals surface area contributed by atoms with E-state index < -0.39 is 10.0 Å². The summed E-state index contributed by atoms with van der Waals surface area (Å²) in [7, 11) is -3.60. The largest absolute Gasteiger partial charge is 0.396 e. The smallest absolute Gasteiger partial charge is 0.243 e. The molecule has 22 heavy (non-hydrogen) atoms. The Hall–Kier alpha value is -0.920. The van der Waals surface area contributed by atoms with Crippen molar-refractivity contribution in [2.75, 3.05) is 13.2 Å². The molecular formula is C15H27N3O3S. The third-order valence-corrected chi connectivity index (χ3v) is 5.49. The number of nitrogens with zero attached hydrogens (tertiary/aromatic N) is 2. The van der Waals surface area contributed by atoms with Crippen molar-refractivity contribution < 1.29 is 13.5 Å². The molecule has 0 radical (unpaired) electrons. The van der Waals surface area contributed by atoms with Crippen molar-refractivity contribution in [2.45, 2.75) is 69.2 Å². The summed E-state index contributed by atoms with van der Waals surface area (Å²) in [6.07, 6.45) is 6.54. The number of hydrogen-bond donors (Lipinski definition) is 2. The van der Waals surface area contributed by atoms with Crippen LogP contribution in [0.3, 0.4) is 0 Å². The van der Waals surface area contributed by atoms with Crippen molar-refractivity contribution in [3.05, 3.63) is 11.9 Å². The van der Waals surface area contributed by atoms with Crippen LogP contribution in [-0.2, 0) is 15.4 Å². The number of sulfonamides is 1. The van der Waals surface area contributed by atoms with E-state index in [9.17, 15) is 8.42 Å². The molecule has 2 N–H and O–H groups in total. The SMILES string of the molecule is CC(C)(C)c1nn(C2CCCC2)cc1S(=O)(=O)NCCCO. The number of aliphatic hydroxyl groups excluding tert-OH is 1. The first-order valence-corrected chi connectivity index (χ1v) is 9.44. The maximum Gasteiger partial charge on any atom is 0.243 e. The van der Waals surface area contributed by atoms with Crippen LogP contribution in [0.15, 0.2) is 11.1 Å². The van der Waals surface area contributed by atoms with E-state index in [4.69, 9.17) is 5.11 Å². The van der Waals surface area contributed by atoms with Crippen molar-refractivity contribution in [3.8, 4) is 0 Å². The second kappa shape index (κ2) is 6.68. The first kappa shape index (κ1) is 17.4. The van der Waals surface area contributed by atoms with E-state index in [-0.39, 0.29) is 23.5 Å². The van der Waals surface area contributed by atoms with Gasteiger partial charge in [-0.3, -0.25) is 4.68 Å². The number of aliphatic hydroxyl groups is 1. The summed E-state index contributed by atoms with van der Waals surface area (Å²) in [5.74, 6) is 0. The molecule has 0 unspecified atom stereocenters. The van der Waals surface area contributed by atoms with Gasteiger partial charge in [-0.25, -0.2) is 13.1 Å². The minimum absolute atomic E-state index is 0.0318. The fourth-order valence-electron chi connectivity index (χ4n) is 2.81. The van der Waals surface area contributed by atoms with Crippen molar-refractivity contribution in [3.63, 3.8) is 0 Å². The average Bonchev–Trinajstić information content (AvgIpc) is 3.07. The summed E-state index contributed by atoms with van der Waals surface area (Å²) in [6, 6.07) is 0.308. The topological polar surface area (TPSA) is 84.2 Å². The fraction of sp³-hybridized carbons (Fsp3) is 0.800. The Morgan fingerprint density at radius 2 is 2.00 bits per heavy atom. The molecule has 1 saturated carbocycles. The zero-order valence-electron chi connectivity index (χ0n) is 13.7. The van der Waals surface area contributed by atoms with Gasteiger partial charge in [0.15, 0.2) is 0 Å². The quantitative estimate of drug-likeness (QED) is 0.781. The lowest BCUT2D eigenvalue weighted by molar-refractivity contribution is 0.289. The highest BCUT2D eigenvalue weighted by Crippen LogP contribution is 2.33. The number of aromatic nitrogens is 2. The molecule has 0 aliphatic heterocycles. The monoisotopic (exact) mass is 329 g/mol. The molecule has 1 aromatic rings. The van der Waals surface area contributed by atoms with Gasteiger partial charge < -0.3 is 5.11 Å². The Balaban J connectivity index is 2.35. The molecule has 7 heteroatoms. The second-order valence-corrected chi connectivity index (χ2v) is 8.72. The summed E-state index contributed by atoms with van der Waals surface area (Å²) in [5.41, 5.74) is 0.265. The Morgan fingerprint density at radius 1 is 1.36 bits per heavy atom. The van der Waals surface area contributed by atoms with Gasteiger partial charge in [0, 0.05) is 24.8 Å². The first-order chi connectivity index (χ1) is 10.3. The molecular weight excluding hydrogens is 302 g/mol. The zero-order valence-corrected chi connectivity index (χ0v) is 14.5. The minimum Gasteiger partial charge on any atom is -0.396 e. The summed E-state index contributed by atoms with van der Waals surface area (Å²) in [5, 5.41) is 13.4. The Morgan fingerprint density at radius 3 is 2.55 bits per heavy atom. The van der Waals surface area contributed by atoms with Gasteiger partial charge in [0.05, 0.1) is 11.7 Å². The highest BCUT2D eigenvalue weighted by Gasteiger charge is 2.31. The normalized spacial score (nSPS) is 17.3.